The lowest BCUT2D eigenvalue weighted by Crippen LogP contribution is -2.00. The Hall–Kier alpha value is -1.37. The minimum Gasteiger partial charge on any atom is -0.384 e. The van der Waals surface area contributed by atoms with Crippen LogP contribution >= 0.6 is 31.9 Å². The maximum Gasteiger partial charge on any atom is 0.323 e. The molecule has 0 bridgehead atoms. The van der Waals surface area contributed by atoms with E-state index >= 15 is 0 Å². The van der Waals surface area contributed by atoms with Crippen LogP contribution in [0, 0.1) is 0 Å². The molecule has 0 aliphatic heterocycles. The number of H-pyrrole nitrogens is 2. The zero-order chi connectivity index (χ0) is 14.3. The van der Waals surface area contributed by atoms with Crippen LogP contribution in [0.5, 0.6) is 0 Å². The van der Waals surface area contributed by atoms with Gasteiger partial charge in [-0.1, -0.05) is 37.9 Å². The lowest BCUT2D eigenvalue weighted by Gasteiger charge is -2.12. The Labute approximate surface area is 131 Å². The summed E-state index contributed by atoms with van der Waals surface area (Å²) < 4.78 is 1.77. The van der Waals surface area contributed by atoms with Crippen LogP contribution in [0.1, 0.15) is 17.2 Å². The van der Waals surface area contributed by atoms with Crippen LogP contribution in [-0.2, 0) is 0 Å². The van der Waals surface area contributed by atoms with E-state index in [2.05, 4.69) is 41.8 Å². The molecule has 6 heteroatoms. The molecule has 0 amide bonds. The van der Waals surface area contributed by atoms with Crippen LogP contribution in [0.4, 0.5) is 0 Å². The molecule has 0 aliphatic rings. The van der Waals surface area contributed by atoms with Crippen LogP contribution in [0.15, 0.2) is 50.1 Å². The number of hydrogen-bond acceptors (Lipinski definition) is 2. The third-order valence-corrected chi connectivity index (χ3v) is 3.97. The Morgan fingerprint density at radius 1 is 0.900 bits per heavy atom. The molecule has 0 saturated carbocycles. The van der Waals surface area contributed by atoms with Crippen LogP contribution in [0.3, 0.4) is 0 Å². The summed E-state index contributed by atoms with van der Waals surface area (Å²) in [6.07, 6.45) is -0.758. The van der Waals surface area contributed by atoms with E-state index in [1.165, 1.54) is 0 Å². The molecule has 1 heterocycles. The van der Waals surface area contributed by atoms with Crippen molar-refractivity contribution < 1.29 is 5.11 Å². The zero-order valence-electron chi connectivity index (χ0n) is 10.2. The molecule has 0 saturated heterocycles. The minimum absolute atomic E-state index is 0.253. The fourth-order valence-electron chi connectivity index (χ4n) is 2.15. The van der Waals surface area contributed by atoms with Crippen molar-refractivity contribution in [3.63, 3.8) is 0 Å². The molecule has 0 radical (unpaired) electrons. The molecule has 1 atom stereocenters. The maximum atomic E-state index is 11.2. The number of aliphatic hydroxyl groups excluding tert-OH is 1. The first kappa shape index (κ1) is 13.6. The fourth-order valence-corrected chi connectivity index (χ4v) is 3.47. The standard InChI is InChI=1S/C14H10Br2N2O2/c15-9-3-8(4-10(16)6-9)13(19)7-1-2-11-12(5-7)18-14(20)17-11/h1-6,13,19H,(H2,17,18,20). The number of nitrogens with one attached hydrogen (secondary N) is 2. The molecule has 4 nitrogen and oxygen atoms in total. The molecular formula is C14H10Br2N2O2. The Morgan fingerprint density at radius 3 is 2.25 bits per heavy atom. The number of benzene rings is 2. The van der Waals surface area contributed by atoms with E-state index in [-0.39, 0.29) is 5.69 Å². The van der Waals surface area contributed by atoms with E-state index in [0.717, 1.165) is 25.6 Å². The summed E-state index contributed by atoms with van der Waals surface area (Å²) in [5.74, 6) is 0. The topological polar surface area (TPSA) is 68.9 Å². The number of rotatable bonds is 2. The molecule has 0 fully saturated rings. The lowest BCUT2D eigenvalue weighted by atomic mass is 10.0. The monoisotopic (exact) mass is 396 g/mol. The number of fused-ring (bicyclic) bond motifs is 1. The van der Waals surface area contributed by atoms with Gasteiger partial charge >= 0.3 is 5.69 Å². The quantitative estimate of drug-likeness (QED) is 0.619. The van der Waals surface area contributed by atoms with E-state index in [0.29, 0.717) is 5.52 Å². The van der Waals surface area contributed by atoms with E-state index in [1.54, 1.807) is 18.2 Å². The van der Waals surface area contributed by atoms with Gasteiger partial charge in [0.1, 0.15) is 6.10 Å². The van der Waals surface area contributed by atoms with E-state index in [1.807, 2.05) is 18.2 Å². The highest BCUT2D eigenvalue weighted by Gasteiger charge is 2.13. The van der Waals surface area contributed by atoms with Gasteiger partial charge < -0.3 is 15.1 Å². The van der Waals surface area contributed by atoms with Gasteiger partial charge in [-0.25, -0.2) is 4.79 Å². The molecular weight excluding hydrogens is 388 g/mol. The van der Waals surface area contributed by atoms with Gasteiger partial charge in [-0.3, -0.25) is 0 Å². The molecule has 20 heavy (non-hydrogen) atoms. The molecule has 3 aromatic rings. The lowest BCUT2D eigenvalue weighted by molar-refractivity contribution is 0.220. The molecule has 0 spiro atoms. The SMILES string of the molecule is O=c1[nH]c2ccc(C(O)c3cc(Br)cc(Br)c3)cc2[nH]1. The highest BCUT2D eigenvalue weighted by molar-refractivity contribution is 9.11. The van der Waals surface area contributed by atoms with Crippen molar-refractivity contribution in [2.45, 2.75) is 6.10 Å². The first-order valence-corrected chi connectivity index (χ1v) is 7.47. The van der Waals surface area contributed by atoms with Gasteiger partial charge in [0.05, 0.1) is 11.0 Å². The number of imidazole rings is 1. The summed E-state index contributed by atoms with van der Waals surface area (Å²) in [7, 11) is 0. The van der Waals surface area contributed by atoms with Crippen molar-refractivity contribution in [1.82, 2.24) is 9.97 Å². The van der Waals surface area contributed by atoms with E-state index in [9.17, 15) is 9.90 Å². The highest BCUT2D eigenvalue weighted by atomic mass is 79.9. The number of hydrogen-bond donors (Lipinski definition) is 3. The first-order chi connectivity index (χ1) is 9.52. The number of aromatic nitrogens is 2. The first-order valence-electron chi connectivity index (χ1n) is 5.89. The molecule has 2 aromatic carbocycles. The number of halogens is 2. The number of aliphatic hydroxyl groups is 1. The molecule has 102 valence electrons. The van der Waals surface area contributed by atoms with Crippen LogP contribution in [0.25, 0.3) is 11.0 Å². The average Bonchev–Trinajstić information content (AvgIpc) is 2.75. The Morgan fingerprint density at radius 2 is 1.55 bits per heavy atom. The van der Waals surface area contributed by atoms with Gasteiger partial charge in [-0.15, -0.1) is 0 Å². The van der Waals surface area contributed by atoms with Crippen molar-refractivity contribution >= 4 is 42.9 Å². The van der Waals surface area contributed by atoms with Gasteiger partial charge in [-0.05, 0) is 41.5 Å². The van der Waals surface area contributed by atoms with Crippen LogP contribution in [0.2, 0.25) is 0 Å². The normalized spacial score (nSPS) is 12.8. The number of aromatic amines is 2. The van der Waals surface area contributed by atoms with Gasteiger partial charge in [0.25, 0.3) is 0 Å². The predicted octanol–water partition coefficient (Wildman–Crippen LogP) is 3.46. The Bertz CT molecular complexity index is 818. The molecule has 0 aliphatic carbocycles. The smallest absolute Gasteiger partial charge is 0.323 e. The summed E-state index contributed by atoms with van der Waals surface area (Å²) in [6.45, 7) is 0. The second-order valence-electron chi connectivity index (χ2n) is 4.49. The van der Waals surface area contributed by atoms with Crippen molar-refractivity contribution in [3.8, 4) is 0 Å². The van der Waals surface area contributed by atoms with Crippen molar-refractivity contribution in [2.75, 3.05) is 0 Å². The van der Waals surface area contributed by atoms with Gasteiger partial charge in [0, 0.05) is 8.95 Å². The second-order valence-corrected chi connectivity index (χ2v) is 6.32. The second kappa shape index (κ2) is 5.20. The van der Waals surface area contributed by atoms with Crippen molar-refractivity contribution in [2.24, 2.45) is 0 Å². The van der Waals surface area contributed by atoms with Crippen molar-refractivity contribution in [1.29, 1.82) is 0 Å². The molecule has 3 N–H and O–H groups in total. The molecule has 3 rings (SSSR count). The fraction of sp³-hybridized carbons (Fsp3) is 0.0714. The third-order valence-electron chi connectivity index (χ3n) is 3.06. The van der Waals surface area contributed by atoms with Crippen molar-refractivity contribution in [3.05, 3.63) is 67.0 Å². The van der Waals surface area contributed by atoms with E-state index < -0.39 is 6.10 Å². The Kier molecular flexibility index (Phi) is 3.54. The molecule has 1 aromatic heterocycles. The summed E-state index contributed by atoms with van der Waals surface area (Å²) in [5, 5.41) is 10.5. The summed E-state index contributed by atoms with van der Waals surface area (Å²) >= 11 is 6.81. The summed E-state index contributed by atoms with van der Waals surface area (Å²) in [6, 6.07) is 11.0. The van der Waals surface area contributed by atoms with Crippen LogP contribution in [-0.4, -0.2) is 15.1 Å². The largest absolute Gasteiger partial charge is 0.384 e. The third kappa shape index (κ3) is 2.59. The summed E-state index contributed by atoms with van der Waals surface area (Å²) in [4.78, 5) is 16.6. The summed E-state index contributed by atoms with van der Waals surface area (Å²) in [5.41, 5.74) is 2.64. The van der Waals surface area contributed by atoms with Crippen LogP contribution < -0.4 is 5.69 Å². The average molecular weight is 398 g/mol. The Balaban J connectivity index is 2.06. The van der Waals surface area contributed by atoms with Gasteiger partial charge in [0.2, 0.25) is 0 Å². The van der Waals surface area contributed by atoms with Gasteiger partial charge in [0.15, 0.2) is 0 Å². The molecule has 1 unspecified atom stereocenters. The van der Waals surface area contributed by atoms with Gasteiger partial charge in [-0.2, -0.15) is 0 Å². The maximum absolute atomic E-state index is 11.2. The zero-order valence-corrected chi connectivity index (χ0v) is 13.3. The predicted molar refractivity (Wildman–Crippen MR) is 84.8 cm³/mol. The minimum atomic E-state index is -0.758. The van der Waals surface area contributed by atoms with E-state index in [4.69, 9.17) is 0 Å². The highest BCUT2D eigenvalue weighted by Crippen LogP contribution is 2.29.